The number of unbranched alkanes of at least 4 members (excludes halogenated alkanes) is 1. The summed E-state index contributed by atoms with van der Waals surface area (Å²) in [6.45, 7) is 4.29. The normalized spacial score (nSPS) is 12.9. The van der Waals surface area contributed by atoms with Crippen LogP contribution in [0.4, 0.5) is 9.59 Å². The van der Waals surface area contributed by atoms with E-state index < -0.39 is 17.6 Å². The van der Waals surface area contributed by atoms with Crippen molar-refractivity contribution >= 4 is 12.2 Å². The van der Waals surface area contributed by atoms with Crippen LogP contribution < -0.4 is 11.1 Å². The third-order valence-corrected chi connectivity index (χ3v) is 2.58. The van der Waals surface area contributed by atoms with E-state index >= 15 is 0 Å². The molecule has 0 aromatic heterocycles. The average molecular weight is 270 g/mol. The van der Waals surface area contributed by atoms with Crippen molar-refractivity contribution < 1.29 is 19.1 Å². The molecular weight excluding hydrogens is 248 g/mol. The number of carbonyl (C=O) groups is 2. The van der Waals surface area contributed by atoms with Crippen LogP contribution in [-0.4, -0.2) is 31.9 Å². The molecule has 0 radical (unpaired) electrons. The van der Waals surface area contributed by atoms with Crippen molar-refractivity contribution in [3.05, 3.63) is 0 Å². The highest BCUT2D eigenvalue weighted by atomic mass is 16.6. The lowest BCUT2D eigenvalue weighted by Crippen LogP contribution is -2.35. The van der Waals surface area contributed by atoms with Gasteiger partial charge in [-0.25, -0.2) is 9.59 Å². The standard InChI is InChI=1S/C13H22N2O4/c1-4-6-7-13(3,9-18-11(14)16)10-19-12(17)15-8-5-2/h2H,4,6-10H2,1,3H3,(H2,14,16)(H,15,17). The van der Waals surface area contributed by atoms with E-state index in [4.69, 9.17) is 21.6 Å². The molecule has 6 nitrogen and oxygen atoms in total. The second-order valence-corrected chi connectivity index (χ2v) is 4.66. The van der Waals surface area contributed by atoms with Gasteiger partial charge < -0.3 is 20.5 Å². The minimum Gasteiger partial charge on any atom is -0.449 e. The smallest absolute Gasteiger partial charge is 0.407 e. The lowest BCUT2D eigenvalue weighted by atomic mass is 9.87. The van der Waals surface area contributed by atoms with Gasteiger partial charge in [0, 0.05) is 5.41 Å². The predicted octanol–water partition coefficient (Wildman–Crippen LogP) is 1.64. The number of alkyl carbamates (subject to hydrolysis) is 1. The fourth-order valence-electron chi connectivity index (χ4n) is 1.45. The Kier molecular flexibility index (Phi) is 8.18. The summed E-state index contributed by atoms with van der Waals surface area (Å²) in [5.41, 5.74) is 4.50. The SMILES string of the molecule is C#CCNC(=O)OCC(C)(CCCC)COC(N)=O. The first-order chi connectivity index (χ1) is 8.93. The fourth-order valence-corrected chi connectivity index (χ4v) is 1.45. The molecule has 19 heavy (non-hydrogen) atoms. The second-order valence-electron chi connectivity index (χ2n) is 4.66. The highest BCUT2D eigenvalue weighted by Gasteiger charge is 2.27. The zero-order chi connectivity index (χ0) is 14.7. The number of nitrogens with one attached hydrogen (secondary N) is 1. The molecular formula is C13H22N2O4. The summed E-state index contributed by atoms with van der Waals surface area (Å²) in [6, 6.07) is 0. The zero-order valence-electron chi connectivity index (χ0n) is 11.5. The summed E-state index contributed by atoms with van der Waals surface area (Å²) in [7, 11) is 0. The minimum absolute atomic E-state index is 0.113. The van der Waals surface area contributed by atoms with Crippen LogP contribution in [-0.2, 0) is 9.47 Å². The topological polar surface area (TPSA) is 90.7 Å². The van der Waals surface area contributed by atoms with Crippen molar-refractivity contribution in [2.45, 2.75) is 33.1 Å². The van der Waals surface area contributed by atoms with Crippen molar-refractivity contribution in [3.8, 4) is 12.3 Å². The summed E-state index contributed by atoms with van der Waals surface area (Å²) >= 11 is 0. The number of primary amides is 1. The molecule has 0 saturated carbocycles. The minimum atomic E-state index is -0.834. The molecule has 1 atom stereocenters. The van der Waals surface area contributed by atoms with Gasteiger partial charge in [0.1, 0.15) is 13.2 Å². The van der Waals surface area contributed by atoms with Crippen LogP contribution in [0.2, 0.25) is 0 Å². The third kappa shape index (κ3) is 8.77. The van der Waals surface area contributed by atoms with Gasteiger partial charge in [0.15, 0.2) is 0 Å². The van der Waals surface area contributed by atoms with Gasteiger partial charge >= 0.3 is 12.2 Å². The average Bonchev–Trinajstić information content (AvgIpc) is 2.38. The summed E-state index contributed by atoms with van der Waals surface area (Å²) in [6.07, 6.45) is 6.29. The van der Waals surface area contributed by atoms with Gasteiger partial charge in [-0.1, -0.05) is 32.6 Å². The van der Waals surface area contributed by atoms with Crippen molar-refractivity contribution in [2.24, 2.45) is 11.1 Å². The number of rotatable bonds is 8. The molecule has 0 heterocycles. The molecule has 2 amide bonds. The van der Waals surface area contributed by atoms with Crippen LogP contribution in [0.5, 0.6) is 0 Å². The second kappa shape index (κ2) is 9.09. The highest BCUT2D eigenvalue weighted by molar-refractivity contribution is 5.67. The van der Waals surface area contributed by atoms with E-state index in [1.165, 1.54) is 0 Å². The Morgan fingerprint density at radius 3 is 2.53 bits per heavy atom. The Bertz CT molecular complexity index is 338. The van der Waals surface area contributed by atoms with Gasteiger partial charge in [-0.2, -0.15) is 0 Å². The Labute approximate surface area is 114 Å². The van der Waals surface area contributed by atoms with Gasteiger partial charge in [0.25, 0.3) is 0 Å². The molecule has 0 spiro atoms. The van der Waals surface area contributed by atoms with E-state index in [9.17, 15) is 9.59 Å². The molecule has 0 aromatic carbocycles. The maximum Gasteiger partial charge on any atom is 0.407 e. The van der Waals surface area contributed by atoms with E-state index in [-0.39, 0.29) is 19.8 Å². The van der Waals surface area contributed by atoms with Crippen LogP contribution in [0.1, 0.15) is 33.1 Å². The Morgan fingerprint density at radius 1 is 1.37 bits per heavy atom. The number of ether oxygens (including phenoxy) is 2. The number of hydrogen-bond donors (Lipinski definition) is 2. The molecule has 0 aliphatic rings. The largest absolute Gasteiger partial charge is 0.449 e. The maximum atomic E-state index is 11.3. The van der Waals surface area contributed by atoms with E-state index in [0.717, 1.165) is 19.3 Å². The number of carbonyl (C=O) groups excluding carboxylic acids is 2. The molecule has 0 saturated heterocycles. The van der Waals surface area contributed by atoms with Crippen molar-refractivity contribution in [2.75, 3.05) is 19.8 Å². The molecule has 108 valence electrons. The summed E-state index contributed by atoms with van der Waals surface area (Å²) in [5.74, 6) is 2.27. The number of nitrogens with two attached hydrogens (primary N) is 1. The van der Waals surface area contributed by atoms with Crippen LogP contribution in [0, 0.1) is 17.8 Å². The number of amides is 2. The van der Waals surface area contributed by atoms with Gasteiger partial charge in [0.05, 0.1) is 6.54 Å². The maximum absolute atomic E-state index is 11.3. The molecule has 0 fully saturated rings. The first-order valence-electron chi connectivity index (χ1n) is 6.20. The number of hydrogen-bond acceptors (Lipinski definition) is 4. The van der Waals surface area contributed by atoms with Crippen molar-refractivity contribution in [1.29, 1.82) is 0 Å². The first-order valence-corrected chi connectivity index (χ1v) is 6.20. The van der Waals surface area contributed by atoms with E-state index in [0.29, 0.717) is 0 Å². The lowest BCUT2D eigenvalue weighted by Gasteiger charge is -2.28. The van der Waals surface area contributed by atoms with Gasteiger partial charge in [-0.15, -0.1) is 6.42 Å². The van der Waals surface area contributed by atoms with Crippen molar-refractivity contribution in [3.63, 3.8) is 0 Å². The van der Waals surface area contributed by atoms with E-state index in [2.05, 4.69) is 18.2 Å². The first kappa shape index (κ1) is 17.1. The van der Waals surface area contributed by atoms with Crippen LogP contribution in [0.3, 0.4) is 0 Å². The Morgan fingerprint density at radius 2 is 2.00 bits per heavy atom. The highest BCUT2D eigenvalue weighted by Crippen LogP contribution is 2.25. The molecule has 0 aliphatic carbocycles. The molecule has 0 aromatic rings. The van der Waals surface area contributed by atoms with Crippen LogP contribution in [0.25, 0.3) is 0 Å². The number of terminal acetylenes is 1. The molecule has 0 bridgehead atoms. The quantitative estimate of drug-likeness (QED) is 0.656. The van der Waals surface area contributed by atoms with Gasteiger partial charge in [0.2, 0.25) is 0 Å². The van der Waals surface area contributed by atoms with E-state index in [1.54, 1.807) is 0 Å². The lowest BCUT2D eigenvalue weighted by molar-refractivity contribution is 0.0333. The summed E-state index contributed by atoms with van der Waals surface area (Å²) in [5, 5.41) is 2.40. The molecule has 1 unspecified atom stereocenters. The molecule has 6 heteroatoms. The Balaban J connectivity index is 4.28. The summed E-state index contributed by atoms with van der Waals surface area (Å²) < 4.78 is 9.87. The van der Waals surface area contributed by atoms with Gasteiger partial charge in [-0.3, -0.25) is 0 Å². The third-order valence-electron chi connectivity index (χ3n) is 2.58. The Hall–Kier alpha value is -1.90. The van der Waals surface area contributed by atoms with Gasteiger partial charge in [-0.05, 0) is 6.42 Å². The predicted molar refractivity (Wildman–Crippen MR) is 71.4 cm³/mol. The molecule has 0 rings (SSSR count). The summed E-state index contributed by atoms with van der Waals surface area (Å²) in [4.78, 5) is 22.0. The van der Waals surface area contributed by atoms with E-state index in [1.807, 2.05) is 6.92 Å². The van der Waals surface area contributed by atoms with Crippen molar-refractivity contribution in [1.82, 2.24) is 5.32 Å². The zero-order valence-corrected chi connectivity index (χ0v) is 11.5. The molecule has 3 N–H and O–H groups in total. The fraction of sp³-hybridized carbons (Fsp3) is 0.692. The van der Waals surface area contributed by atoms with Crippen LogP contribution in [0.15, 0.2) is 0 Å². The molecule has 0 aliphatic heterocycles. The monoisotopic (exact) mass is 270 g/mol. The van der Waals surface area contributed by atoms with Crippen LogP contribution >= 0.6 is 0 Å².